The molecule has 1 amide bonds. The van der Waals surface area contributed by atoms with Crippen molar-refractivity contribution in [3.63, 3.8) is 0 Å². The Morgan fingerprint density at radius 2 is 2.12 bits per heavy atom. The lowest BCUT2D eigenvalue weighted by Crippen LogP contribution is -2.35. The fraction of sp³-hybridized carbons (Fsp3) is 0.364. The van der Waals surface area contributed by atoms with Crippen LogP contribution in [0.15, 0.2) is 12.1 Å². The number of carbonyl (C=O) groups is 1. The average Bonchev–Trinajstić information content (AvgIpc) is 2.34. The number of rotatable bonds is 1. The van der Waals surface area contributed by atoms with Crippen molar-refractivity contribution in [3.8, 4) is 5.75 Å². The van der Waals surface area contributed by atoms with Crippen LogP contribution < -0.4 is 0 Å². The average molecular weight is 459 g/mol. The van der Waals surface area contributed by atoms with Crippen LogP contribution in [0.2, 0.25) is 0 Å². The number of aromatic hydroxyl groups is 1. The number of hydrogen-bond acceptors (Lipinski definition) is 3. The molecule has 1 fully saturated rings. The van der Waals surface area contributed by atoms with Gasteiger partial charge < -0.3 is 5.11 Å². The topological polar surface area (TPSA) is 49.8 Å². The van der Waals surface area contributed by atoms with E-state index in [0.29, 0.717) is 22.3 Å². The molecule has 0 bridgehead atoms. The Kier molecular flexibility index (Phi) is 4.47. The third-order valence-electron chi connectivity index (χ3n) is 2.49. The molecule has 1 aliphatic heterocycles. The minimum atomic E-state index is -0.265. The lowest BCUT2D eigenvalue weighted by molar-refractivity contribution is -0.144. The minimum absolute atomic E-state index is 0.0326. The van der Waals surface area contributed by atoms with E-state index in [1.807, 2.05) is 28.7 Å². The molecule has 1 N–H and O–H groups in total. The number of carbonyl (C=O) groups excluding carboxylic acids is 1. The first-order valence-electron chi connectivity index (χ1n) is 5.22. The van der Waals surface area contributed by atoms with Crippen LogP contribution in [0.5, 0.6) is 5.75 Å². The zero-order chi connectivity index (χ0) is 12.4. The van der Waals surface area contributed by atoms with Crippen LogP contribution in [0.1, 0.15) is 23.2 Å². The molecule has 0 aromatic heterocycles. The van der Waals surface area contributed by atoms with E-state index in [1.54, 1.807) is 6.07 Å². The largest absolute Gasteiger partial charge is 0.506 e. The van der Waals surface area contributed by atoms with Crippen LogP contribution in [0.25, 0.3) is 0 Å². The van der Waals surface area contributed by atoms with Crippen molar-refractivity contribution in [2.75, 3.05) is 13.2 Å². The van der Waals surface area contributed by atoms with Crippen molar-refractivity contribution in [3.05, 3.63) is 24.8 Å². The van der Waals surface area contributed by atoms with Crippen molar-refractivity contribution in [1.29, 1.82) is 0 Å². The molecule has 0 aliphatic carbocycles. The van der Waals surface area contributed by atoms with Gasteiger partial charge in [0.2, 0.25) is 0 Å². The molecule has 1 aromatic rings. The molecule has 4 nitrogen and oxygen atoms in total. The Hall–Kier alpha value is -0.0900. The van der Waals surface area contributed by atoms with Crippen molar-refractivity contribution in [2.45, 2.75) is 12.8 Å². The van der Waals surface area contributed by atoms with E-state index in [2.05, 4.69) is 22.6 Å². The third kappa shape index (κ3) is 3.02. The molecule has 0 spiro atoms. The molecule has 2 rings (SSSR count). The molecule has 0 unspecified atom stereocenters. The highest BCUT2D eigenvalue weighted by atomic mass is 127. The Bertz CT molecular complexity index is 445. The van der Waals surface area contributed by atoms with Gasteiger partial charge in [0, 0.05) is 10.1 Å². The summed E-state index contributed by atoms with van der Waals surface area (Å²) >= 11 is 4.14. The van der Waals surface area contributed by atoms with Crippen LogP contribution in [-0.2, 0) is 4.84 Å². The Morgan fingerprint density at radius 1 is 1.35 bits per heavy atom. The second-order valence-corrected chi connectivity index (χ2v) is 6.14. The van der Waals surface area contributed by atoms with Gasteiger partial charge in [-0.2, -0.15) is 0 Å². The number of benzene rings is 1. The van der Waals surface area contributed by atoms with Gasteiger partial charge in [-0.25, -0.2) is 5.06 Å². The van der Waals surface area contributed by atoms with Gasteiger partial charge >= 0.3 is 0 Å². The fourth-order valence-electron chi connectivity index (χ4n) is 1.62. The van der Waals surface area contributed by atoms with Gasteiger partial charge in [-0.3, -0.25) is 9.63 Å². The quantitative estimate of drug-likeness (QED) is 0.658. The van der Waals surface area contributed by atoms with Crippen molar-refractivity contribution < 1.29 is 14.7 Å². The summed E-state index contributed by atoms with van der Waals surface area (Å²) in [7, 11) is 0. The molecule has 1 aliphatic rings. The Labute approximate surface area is 127 Å². The van der Waals surface area contributed by atoms with E-state index >= 15 is 0 Å². The van der Waals surface area contributed by atoms with Crippen LogP contribution in [0, 0.1) is 7.14 Å². The van der Waals surface area contributed by atoms with Gasteiger partial charge in [-0.1, -0.05) is 0 Å². The van der Waals surface area contributed by atoms with Gasteiger partial charge in [0.05, 0.1) is 15.7 Å². The van der Waals surface area contributed by atoms with E-state index in [9.17, 15) is 9.90 Å². The molecule has 0 radical (unpaired) electrons. The summed E-state index contributed by atoms with van der Waals surface area (Å²) in [5.41, 5.74) is 0.309. The molecule has 1 aromatic carbocycles. The van der Waals surface area contributed by atoms with Crippen LogP contribution in [-0.4, -0.2) is 29.2 Å². The number of halogens is 2. The minimum Gasteiger partial charge on any atom is -0.506 e. The number of hydrogen-bond donors (Lipinski definition) is 1. The highest BCUT2D eigenvalue weighted by molar-refractivity contribution is 14.1. The molecule has 0 saturated carbocycles. The SMILES string of the molecule is O=C(c1cc(I)cc(I)c1O)N1CCCCO1. The molecule has 0 atom stereocenters. The summed E-state index contributed by atoms with van der Waals surface area (Å²) in [6, 6.07) is 3.50. The van der Waals surface area contributed by atoms with Crippen LogP contribution in [0.3, 0.4) is 0 Å². The zero-order valence-electron chi connectivity index (χ0n) is 8.95. The van der Waals surface area contributed by atoms with E-state index in [1.165, 1.54) is 5.06 Å². The van der Waals surface area contributed by atoms with Crippen molar-refractivity contribution >= 4 is 51.1 Å². The summed E-state index contributed by atoms with van der Waals surface area (Å²) < 4.78 is 1.60. The first-order chi connectivity index (χ1) is 8.09. The molecule has 1 heterocycles. The number of phenolic OH excluding ortho intramolecular Hbond substituents is 1. The standard InChI is InChI=1S/C11H11I2NO3/c12-7-5-8(10(15)9(13)6-7)11(16)14-3-1-2-4-17-14/h5-6,15H,1-4H2. The molecule has 6 heteroatoms. The fourth-order valence-corrected chi connectivity index (χ4v) is 3.47. The molecular weight excluding hydrogens is 448 g/mol. The highest BCUT2D eigenvalue weighted by Crippen LogP contribution is 2.28. The summed E-state index contributed by atoms with van der Waals surface area (Å²) in [5, 5.41) is 11.2. The molecule has 17 heavy (non-hydrogen) atoms. The third-order valence-corrected chi connectivity index (χ3v) is 3.93. The van der Waals surface area contributed by atoms with Gasteiger partial charge in [0.1, 0.15) is 5.75 Å². The Morgan fingerprint density at radius 3 is 2.76 bits per heavy atom. The monoisotopic (exact) mass is 459 g/mol. The van der Waals surface area contributed by atoms with E-state index < -0.39 is 0 Å². The maximum Gasteiger partial charge on any atom is 0.281 e. The summed E-state index contributed by atoms with van der Waals surface area (Å²) in [6.45, 7) is 1.15. The van der Waals surface area contributed by atoms with Gasteiger partial charge in [0.15, 0.2) is 0 Å². The molecule has 92 valence electrons. The lowest BCUT2D eigenvalue weighted by Gasteiger charge is -2.26. The maximum absolute atomic E-state index is 12.2. The van der Waals surface area contributed by atoms with Gasteiger partial charge in [-0.15, -0.1) is 0 Å². The van der Waals surface area contributed by atoms with Crippen molar-refractivity contribution in [1.82, 2.24) is 5.06 Å². The second-order valence-electron chi connectivity index (χ2n) is 3.73. The summed E-state index contributed by atoms with van der Waals surface area (Å²) in [4.78, 5) is 17.5. The molecular formula is C11H11I2NO3. The normalized spacial score (nSPS) is 16.0. The smallest absolute Gasteiger partial charge is 0.281 e. The number of amides is 1. The highest BCUT2D eigenvalue weighted by Gasteiger charge is 2.23. The zero-order valence-corrected chi connectivity index (χ0v) is 13.3. The van der Waals surface area contributed by atoms with Crippen LogP contribution >= 0.6 is 45.2 Å². The predicted octanol–water partition coefficient (Wildman–Crippen LogP) is 2.77. The van der Waals surface area contributed by atoms with E-state index in [0.717, 1.165) is 16.4 Å². The maximum atomic E-state index is 12.2. The second kappa shape index (κ2) is 5.70. The van der Waals surface area contributed by atoms with Crippen LogP contribution in [0.4, 0.5) is 0 Å². The summed E-state index contributed by atoms with van der Waals surface area (Å²) in [5.74, 6) is -0.233. The van der Waals surface area contributed by atoms with Gasteiger partial charge in [0.25, 0.3) is 5.91 Å². The lowest BCUT2D eigenvalue weighted by atomic mass is 10.2. The van der Waals surface area contributed by atoms with E-state index in [-0.39, 0.29) is 11.7 Å². The molecule has 1 saturated heterocycles. The number of nitrogens with zero attached hydrogens (tertiary/aromatic N) is 1. The van der Waals surface area contributed by atoms with E-state index in [4.69, 9.17) is 4.84 Å². The van der Waals surface area contributed by atoms with Crippen molar-refractivity contribution in [2.24, 2.45) is 0 Å². The number of hydroxylamine groups is 2. The summed E-state index contributed by atoms with van der Waals surface area (Å²) in [6.07, 6.45) is 1.91. The number of phenols is 1. The first kappa shape index (κ1) is 13.3. The first-order valence-corrected chi connectivity index (χ1v) is 7.38. The Balaban J connectivity index is 2.29. The van der Waals surface area contributed by atoms with Gasteiger partial charge in [-0.05, 0) is 70.2 Å². The predicted molar refractivity (Wildman–Crippen MR) is 79.8 cm³/mol.